The summed E-state index contributed by atoms with van der Waals surface area (Å²) in [5.74, 6) is -0.824. The van der Waals surface area contributed by atoms with Gasteiger partial charge in [-0.1, -0.05) is 0 Å². The first-order valence-electron chi connectivity index (χ1n) is 7.15. The molecule has 1 spiro atoms. The molecule has 5 amide bonds. The second-order valence-electron chi connectivity index (χ2n) is 5.83. The standard InChI is InChI=1S/C13H18N4O4/c1-2-16-6-8(5-9(16)18)10(19)17-4-3-13(7-17)11(20)14-12(21)15-13/h8H,2-7H2,1H3,(H2,14,15,20,21). The van der Waals surface area contributed by atoms with Gasteiger partial charge < -0.3 is 15.1 Å². The third-order valence-electron chi connectivity index (χ3n) is 4.54. The molecule has 3 aliphatic rings. The molecule has 2 unspecified atom stereocenters. The normalized spacial score (nSPS) is 32.0. The first-order chi connectivity index (χ1) is 9.95. The SMILES string of the molecule is CCN1CC(C(=O)N2CCC3(C2)NC(=O)NC3=O)CC1=O. The molecule has 3 saturated heterocycles. The van der Waals surface area contributed by atoms with Gasteiger partial charge in [-0.3, -0.25) is 19.7 Å². The highest BCUT2D eigenvalue weighted by atomic mass is 16.2. The van der Waals surface area contributed by atoms with Gasteiger partial charge in [-0.25, -0.2) is 4.79 Å². The molecule has 3 fully saturated rings. The van der Waals surface area contributed by atoms with E-state index in [1.54, 1.807) is 9.80 Å². The average Bonchev–Trinajstić information content (AvgIpc) is 3.09. The van der Waals surface area contributed by atoms with Crippen molar-refractivity contribution in [3.8, 4) is 0 Å². The highest BCUT2D eigenvalue weighted by molar-refractivity contribution is 6.07. The van der Waals surface area contributed by atoms with Gasteiger partial charge in [-0.2, -0.15) is 0 Å². The monoisotopic (exact) mass is 294 g/mol. The predicted molar refractivity (Wildman–Crippen MR) is 71.0 cm³/mol. The van der Waals surface area contributed by atoms with E-state index in [0.717, 1.165) is 0 Å². The maximum Gasteiger partial charge on any atom is 0.322 e. The van der Waals surface area contributed by atoms with Crippen LogP contribution in [0.25, 0.3) is 0 Å². The third-order valence-corrected chi connectivity index (χ3v) is 4.54. The Labute approximate surface area is 121 Å². The maximum atomic E-state index is 12.5. The summed E-state index contributed by atoms with van der Waals surface area (Å²) < 4.78 is 0. The fraction of sp³-hybridized carbons (Fsp3) is 0.692. The summed E-state index contributed by atoms with van der Waals surface area (Å²) in [6.45, 7) is 3.53. The van der Waals surface area contributed by atoms with Crippen LogP contribution in [0.2, 0.25) is 0 Å². The molecule has 21 heavy (non-hydrogen) atoms. The van der Waals surface area contributed by atoms with E-state index in [4.69, 9.17) is 0 Å². The summed E-state index contributed by atoms with van der Waals surface area (Å²) in [6, 6.07) is -0.512. The summed E-state index contributed by atoms with van der Waals surface area (Å²) in [4.78, 5) is 50.6. The first kappa shape index (κ1) is 13.8. The molecule has 0 saturated carbocycles. The number of rotatable bonds is 2. The van der Waals surface area contributed by atoms with E-state index < -0.39 is 11.6 Å². The number of imide groups is 1. The molecule has 0 aromatic heterocycles. The number of likely N-dealkylation sites (tertiary alicyclic amines) is 2. The molecular formula is C13H18N4O4. The molecular weight excluding hydrogens is 276 g/mol. The molecule has 0 radical (unpaired) electrons. The molecule has 3 aliphatic heterocycles. The van der Waals surface area contributed by atoms with Crippen molar-refractivity contribution in [3.63, 3.8) is 0 Å². The van der Waals surface area contributed by atoms with E-state index in [1.807, 2.05) is 6.92 Å². The van der Waals surface area contributed by atoms with E-state index in [0.29, 0.717) is 26.1 Å². The minimum atomic E-state index is -0.986. The van der Waals surface area contributed by atoms with Gasteiger partial charge >= 0.3 is 6.03 Å². The molecule has 8 nitrogen and oxygen atoms in total. The molecule has 114 valence electrons. The fourth-order valence-electron chi connectivity index (χ4n) is 3.31. The van der Waals surface area contributed by atoms with Gasteiger partial charge in [0, 0.05) is 26.1 Å². The Kier molecular flexibility index (Phi) is 3.11. The molecule has 8 heteroatoms. The van der Waals surface area contributed by atoms with Crippen molar-refractivity contribution in [2.24, 2.45) is 5.92 Å². The maximum absolute atomic E-state index is 12.5. The lowest BCUT2D eigenvalue weighted by Gasteiger charge is -2.23. The Morgan fingerprint density at radius 2 is 2.14 bits per heavy atom. The van der Waals surface area contributed by atoms with Gasteiger partial charge in [0.2, 0.25) is 11.8 Å². The number of hydrogen-bond donors (Lipinski definition) is 2. The van der Waals surface area contributed by atoms with Gasteiger partial charge in [-0.15, -0.1) is 0 Å². The molecule has 0 aliphatic carbocycles. The van der Waals surface area contributed by atoms with Crippen LogP contribution in [-0.4, -0.2) is 65.3 Å². The molecule has 0 bridgehead atoms. The van der Waals surface area contributed by atoms with Gasteiger partial charge in [0.15, 0.2) is 0 Å². The van der Waals surface area contributed by atoms with Crippen molar-refractivity contribution >= 4 is 23.8 Å². The van der Waals surface area contributed by atoms with E-state index >= 15 is 0 Å². The van der Waals surface area contributed by atoms with E-state index in [9.17, 15) is 19.2 Å². The zero-order valence-electron chi connectivity index (χ0n) is 11.8. The van der Waals surface area contributed by atoms with Gasteiger partial charge in [0.1, 0.15) is 5.54 Å². The highest BCUT2D eigenvalue weighted by Gasteiger charge is 2.52. The Bertz CT molecular complexity index is 534. The van der Waals surface area contributed by atoms with Crippen LogP contribution in [0.4, 0.5) is 4.79 Å². The quantitative estimate of drug-likeness (QED) is 0.616. The van der Waals surface area contributed by atoms with Crippen LogP contribution in [0, 0.1) is 5.92 Å². The lowest BCUT2D eigenvalue weighted by Crippen LogP contribution is -2.50. The Balaban J connectivity index is 1.67. The Hall–Kier alpha value is -2.12. The van der Waals surface area contributed by atoms with Crippen LogP contribution >= 0.6 is 0 Å². The van der Waals surface area contributed by atoms with Crippen LogP contribution in [-0.2, 0) is 14.4 Å². The van der Waals surface area contributed by atoms with Gasteiger partial charge in [-0.05, 0) is 13.3 Å². The predicted octanol–water partition coefficient (Wildman–Crippen LogP) is -1.33. The smallest absolute Gasteiger partial charge is 0.322 e. The van der Waals surface area contributed by atoms with Crippen molar-refractivity contribution in [3.05, 3.63) is 0 Å². The number of nitrogens with zero attached hydrogens (tertiary/aromatic N) is 2. The highest BCUT2D eigenvalue weighted by Crippen LogP contribution is 2.28. The van der Waals surface area contributed by atoms with Crippen LogP contribution in [0.5, 0.6) is 0 Å². The summed E-state index contributed by atoms with van der Waals surface area (Å²) in [5, 5.41) is 4.82. The largest absolute Gasteiger partial charge is 0.342 e. The third kappa shape index (κ3) is 2.14. The van der Waals surface area contributed by atoms with Crippen molar-refractivity contribution in [2.45, 2.75) is 25.3 Å². The first-order valence-corrected chi connectivity index (χ1v) is 7.15. The van der Waals surface area contributed by atoms with Crippen molar-refractivity contribution in [1.82, 2.24) is 20.4 Å². The molecule has 0 aromatic carbocycles. The van der Waals surface area contributed by atoms with Crippen molar-refractivity contribution in [1.29, 1.82) is 0 Å². The minimum absolute atomic E-state index is 0.00308. The van der Waals surface area contributed by atoms with Crippen LogP contribution in [0.1, 0.15) is 19.8 Å². The second kappa shape index (κ2) is 4.71. The fourth-order valence-corrected chi connectivity index (χ4v) is 3.31. The van der Waals surface area contributed by atoms with Crippen LogP contribution in [0.3, 0.4) is 0 Å². The van der Waals surface area contributed by atoms with Gasteiger partial charge in [0.25, 0.3) is 5.91 Å². The summed E-state index contributed by atoms with van der Waals surface area (Å²) in [6.07, 6.45) is 0.642. The Morgan fingerprint density at radius 3 is 2.71 bits per heavy atom. The number of carbonyl (C=O) groups is 4. The lowest BCUT2D eigenvalue weighted by molar-refractivity contribution is -0.135. The zero-order chi connectivity index (χ0) is 15.2. The second-order valence-corrected chi connectivity index (χ2v) is 5.83. The van der Waals surface area contributed by atoms with E-state index in [2.05, 4.69) is 10.6 Å². The summed E-state index contributed by atoms with van der Waals surface area (Å²) in [7, 11) is 0. The zero-order valence-corrected chi connectivity index (χ0v) is 11.8. The molecule has 3 heterocycles. The summed E-state index contributed by atoms with van der Waals surface area (Å²) in [5.41, 5.74) is -0.986. The Morgan fingerprint density at radius 1 is 1.38 bits per heavy atom. The molecule has 2 atom stereocenters. The lowest BCUT2D eigenvalue weighted by atomic mass is 9.99. The number of hydrogen-bond acceptors (Lipinski definition) is 4. The number of amides is 5. The van der Waals surface area contributed by atoms with E-state index in [1.165, 1.54) is 0 Å². The van der Waals surface area contributed by atoms with Crippen LogP contribution < -0.4 is 10.6 Å². The molecule has 2 N–H and O–H groups in total. The number of urea groups is 1. The average molecular weight is 294 g/mol. The summed E-state index contributed by atoms with van der Waals surface area (Å²) >= 11 is 0. The van der Waals surface area contributed by atoms with Gasteiger partial charge in [0.05, 0.1) is 12.5 Å². The number of carbonyl (C=O) groups excluding carboxylic acids is 4. The minimum Gasteiger partial charge on any atom is -0.342 e. The molecule has 0 aromatic rings. The molecule has 3 rings (SSSR count). The van der Waals surface area contributed by atoms with Crippen molar-refractivity contribution in [2.75, 3.05) is 26.2 Å². The topological polar surface area (TPSA) is 98.8 Å². The van der Waals surface area contributed by atoms with Crippen LogP contribution in [0.15, 0.2) is 0 Å². The number of nitrogens with one attached hydrogen (secondary N) is 2. The van der Waals surface area contributed by atoms with Crippen molar-refractivity contribution < 1.29 is 19.2 Å². The van der Waals surface area contributed by atoms with E-state index in [-0.39, 0.29) is 36.6 Å².